The standard InChI is InChI=1S/C12H10ClN3O5/c1-19-10-14-11(20-2)16-12(15-10)21-8-4-3-6(13)5-7(8)9(17)18/h3-5H,1-2H3,(H,17,18). The van der Waals surface area contributed by atoms with Gasteiger partial charge >= 0.3 is 24.0 Å². The lowest BCUT2D eigenvalue weighted by molar-refractivity contribution is 0.0694. The number of aromatic nitrogens is 3. The lowest BCUT2D eigenvalue weighted by Gasteiger charge is -2.08. The Balaban J connectivity index is 2.40. The molecule has 0 aliphatic rings. The molecule has 1 aromatic carbocycles. The number of methoxy groups -OCH3 is 2. The Morgan fingerprint density at radius 2 is 1.67 bits per heavy atom. The molecule has 2 rings (SSSR count). The van der Waals surface area contributed by atoms with E-state index >= 15 is 0 Å². The molecular formula is C12H10ClN3O5. The van der Waals surface area contributed by atoms with Crippen molar-refractivity contribution in [2.24, 2.45) is 0 Å². The number of halogens is 1. The van der Waals surface area contributed by atoms with Gasteiger partial charge < -0.3 is 19.3 Å². The average molecular weight is 312 g/mol. The molecule has 8 nitrogen and oxygen atoms in total. The second-order valence-electron chi connectivity index (χ2n) is 3.64. The molecular weight excluding hydrogens is 302 g/mol. The first kappa shape index (κ1) is 14.8. The fourth-order valence-corrected chi connectivity index (χ4v) is 1.58. The summed E-state index contributed by atoms with van der Waals surface area (Å²) in [6.07, 6.45) is 0. The monoisotopic (exact) mass is 311 g/mol. The van der Waals surface area contributed by atoms with Gasteiger partial charge in [0.15, 0.2) is 0 Å². The van der Waals surface area contributed by atoms with Gasteiger partial charge in [0.1, 0.15) is 11.3 Å². The van der Waals surface area contributed by atoms with Crippen LogP contribution in [0.2, 0.25) is 5.02 Å². The molecule has 110 valence electrons. The van der Waals surface area contributed by atoms with Crippen LogP contribution in [0.3, 0.4) is 0 Å². The quantitative estimate of drug-likeness (QED) is 0.894. The Morgan fingerprint density at radius 1 is 1.10 bits per heavy atom. The van der Waals surface area contributed by atoms with Crippen LogP contribution >= 0.6 is 11.6 Å². The van der Waals surface area contributed by atoms with Crippen molar-refractivity contribution in [3.63, 3.8) is 0 Å². The average Bonchev–Trinajstić information content (AvgIpc) is 2.48. The van der Waals surface area contributed by atoms with Crippen molar-refractivity contribution in [3.05, 3.63) is 28.8 Å². The Hall–Kier alpha value is -2.61. The highest BCUT2D eigenvalue weighted by Crippen LogP contribution is 2.27. The van der Waals surface area contributed by atoms with Crippen LogP contribution in [0.5, 0.6) is 23.8 Å². The van der Waals surface area contributed by atoms with Crippen LogP contribution in [0.25, 0.3) is 0 Å². The summed E-state index contributed by atoms with van der Waals surface area (Å²) in [4.78, 5) is 22.7. The zero-order chi connectivity index (χ0) is 15.4. The highest BCUT2D eigenvalue weighted by atomic mass is 35.5. The molecule has 1 heterocycles. The first-order valence-corrected chi connectivity index (χ1v) is 5.96. The molecule has 0 amide bonds. The Labute approximate surface area is 124 Å². The zero-order valence-electron chi connectivity index (χ0n) is 11.0. The van der Waals surface area contributed by atoms with Gasteiger partial charge in [0, 0.05) is 5.02 Å². The van der Waals surface area contributed by atoms with Gasteiger partial charge in [-0.25, -0.2) is 4.79 Å². The predicted molar refractivity (Wildman–Crippen MR) is 71.4 cm³/mol. The minimum Gasteiger partial charge on any atom is -0.478 e. The highest BCUT2D eigenvalue weighted by molar-refractivity contribution is 6.31. The molecule has 0 fully saturated rings. The molecule has 0 bridgehead atoms. The van der Waals surface area contributed by atoms with Gasteiger partial charge in [0.25, 0.3) is 0 Å². The molecule has 0 saturated heterocycles. The Morgan fingerprint density at radius 3 is 2.19 bits per heavy atom. The number of carboxylic acids is 1. The summed E-state index contributed by atoms with van der Waals surface area (Å²) in [6.45, 7) is 0. The van der Waals surface area contributed by atoms with Gasteiger partial charge in [0.05, 0.1) is 14.2 Å². The minimum atomic E-state index is -1.19. The number of nitrogens with zero attached hydrogens (tertiary/aromatic N) is 3. The molecule has 0 spiro atoms. The maximum Gasteiger partial charge on any atom is 0.339 e. The molecule has 0 radical (unpaired) electrons. The Bertz CT molecular complexity index is 658. The summed E-state index contributed by atoms with van der Waals surface area (Å²) in [7, 11) is 2.73. The molecule has 0 aliphatic heterocycles. The first-order chi connectivity index (χ1) is 10.0. The van der Waals surface area contributed by atoms with E-state index < -0.39 is 5.97 Å². The summed E-state index contributed by atoms with van der Waals surface area (Å²) < 4.78 is 15.1. The van der Waals surface area contributed by atoms with E-state index in [1.54, 1.807) is 0 Å². The van der Waals surface area contributed by atoms with Gasteiger partial charge in [-0.15, -0.1) is 15.0 Å². The van der Waals surface area contributed by atoms with Crippen molar-refractivity contribution >= 4 is 17.6 Å². The molecule has 0 aliphatic carbocycles. The maximum absolute atomic E-state index is 11.2. The van der Waals surface area contributed by atoms with Gasteiger partial charge in [-0.05, 0) is 18.2 Å². The summed E-state index contributed by atoms with van der Waals surface area (Å²) in [5, 5.41) is 9.40. The Kier molecular flexibility index (Phi) is 4.39. The maximum atomic E-state index is 11.2. The number of hydrogen-bond acceptors (Lipinski definition) is 7. The third-order valence-electron chi connectivity index (χ3n) is 2.31. The number of benzene rings is 1. The summed E-state index contributed by atoms with van der Waals surface area (Å²) in [5.41, 5.74) is -0.124. The van der Waals surface area contributed by atoms with Crippen LogP contribution in [-0.2, 0) is 0 Å². The SMILES string of the molecule is COc1nc(OC)nc(Oc2ccc(Cl)cc2C(=O)O)n1. The number of aromatic carboxylic acids is 1. The smallest absolute Gasteiger partial charge is 0.339 e. The molecule has 0 unspecified atom stereocenters. The van der Waals surface area contributed by atoms with E-state index in [0.29, 0.717) is 0 Å². The van der Waals surface area contributed by atoms with Crippen LogP contribution in [0.1, 0.15) is 10.4 Å². The van der Waals surface area contributed by atoms with Crippen molar-refractivity contribution < 1.29 is 24.1 Å². The van der Waals surface area contributed by atoms with Crippen LogP contribution in [-0.4, -0.2) is 40.2 Å². The van der Waals surface area contributed by atoms with E-state index in [9.17, 15) is 4.79 Å². The zero-order valence-corrected chi connectivity index (χ0v) is 11.8. The fourth-order valence-electron chi connectivity index (χ4n) is 1.41. The topological polar surface area (TPSA) is 104 Å². The number of ether oxygens (including phenoxy) is 3. The predicted octanol–water partition coefficient (Wildman–Crippen LogP) is 2.03. The van der Waals surface area contributed by atoms with Gasteiger partial charge in [-0.3, -0.25) is 0 Å². The largest absolute Gasteiger partial charge is 0.478 e. The molecule has 9 heteroatoms. The molecule has 0 atom stereocenters. The summed E-state index contributed by atoms with van der Waals surface area (Å²) in [6, 6.07) is 3.93. The van der Waals surface area contributed by atoms with Crippen molar-refractivity contribution in [1.29, 1.82) is 0 Å². The molecule has 0 saturated carbocycles. The fraction of sp³-hybridized carbons (Fsp3) is 0.167. The third kappa shape index (κ3) is 3.48. The number of carbonyl (C=O) groups is 1. The van der Waals surface area contributed by atoms with Gasteiger partial charge in [-0.1, -0.05) is 11.6 Å². The van der Waals surface area contributed by atoms with Crippen LogP contribution < -0.4 is 14.2 Å². The van der Waals surface area contributed by atoms with E-state index in [1.165, 1.54) is 32.4 Å². The second kappa shape index (κ2) is 6.23. The number of carboxylic acid groups (broad SMARTS) is 1. The van der Waals surface area contributed by atoms with E-state index in [0.717, 1.165) is 0 Å². The molecule has 2 aromatic rings. The minimum absolute atomic E-state index is 0.0253. The highest BCUT2D eigenvalue weighted by Gasteiger charge is 2.16. The van der Waals surface area contributed by atoms with E-state index in [-0.39, 0.29) is 34.4 Å². The summed E-state index contributed by atoms with van der Waals surface area (Å²) >= 11 is 5.76. The first-order valence-electron chi connectivity index (χ1n) is 5.58. The normalized spacial score (nSPS) is 10.0. The van der Waals surface area contributed by atoms with E-state index in [1.807, 2.05) is 0 Å². The third-order valence-corrected chi connectivity index (χ3v) is 2.55. The molecule has 21 heavy (non-hydrogen) atoms. The van der Waals surface area contributed by atoms with E-state index in [4.69, 9.17) is 30.9 Å². The second-order valence-corrected chi connectivity index (χ2v) is 4.08. The van der Waals surface area contributed by atoms with Crippen molar-refractivity contribution in [1.82, 2.24) is 15.0 Å². The van der Waals surface area contributed by atoms with Crippen LogP contribution in [0.4, 0.5) is 0 Å². The lowest BCUT2D eigenvalue weighted by atomic mass is 10.2. The molecule has 1 N–H and O–H groups in total. The number of hydrogen-bond donors (Lipinski definition) is 1. The van der Waals surface area contributed by atoms with Gasteiger partial charge in [0.2, 0.25) is 0 Å². The lowest BCUT2D eigenvalue weighted by Crippen LogP contribution is -2.04. The van der Waals surface area contributed by atoms with Crippen LogP contribution in [0.15, 0.2) is 18.2 Å². The van der Waals surface area contributed by atoms with Crippen LogP contribution in [0, 0.1) is 0 Å². The van der Waals surface area contributed by atoms with Crippen molar-refractivity contribution in [2.75, 3.05) is 14.2 Å². The van der Waals surface area contributed by atoms with Crippen molar-refractivity contribution in [2.45, 2.75) is 0 Å². The summed E-state index contributed by atoms with van der Waals surface area (Å²) in [5.74, 6) is -1.16. The molecule has 1 aromatic heterocycles. The number of rotatable bonds is 5. The van der Waals surface area contributed by atoms with Gasteiger partial charge in [-0.2, -0.15) is 0 Å². The van der Waals surface area contributed by atoms with E-state index in [2.05, 4.69) is 15.0 Å². The van der Waals surface area contributed by atoms with Crippen molar-refractivity contribution in [3.8, 4) is 23.8 Å².